The third-order valence-corrected chi connectivity index (χ3v) is 10.5. The van der Waals surface area contributed by atoms with Crippen molar-refractivity contribution in [2.75, 3.05) is 0 Å². The van der Waals surface area contributed by atoms with Crippen molar-refractivity contribution in [2.24, 2.45) is 0 Å². The van der Waals surface area contributed by atoms with Crippen molar-refractivity contribution >= 4 is 44.8 Å². The van der Waals surface area contributed by atoms with E-state index in [0.717, 1.165) is 28.4 Å². The number of rotatable bonds is 4. The van der Waals surface area contributed by atoms with Crippen molar-refractivity contribution in [2.45, 2.75) is 38.4 Å². The molecule has 0 saturated heterocycles. The van der Waals surface area contributed by atoms with Gasteiger partial charge in [-0.3, -0.25) is 0 Å². The monoisotopic (exact) mass is 719 g/mol. The van der Waals surface area contributed by atoms with Gasteiger partial charge in [0.05, 0.1) is 8.07 Å². The summed E-state index contributed by atoms with van der Waals surface area (Å²) in [5, 5.41) is 4.29. The van der Waals surface area contributed by atoms with Crippen LogP contribution in [0, 0.1) is 12.1 Å². The summed E-state index contributed by atoms with van der Waals surface area (Å²) in [6.45, 7) is 7.29. The second kappa shape index (κ2) is 11.7. The van der Waals surface area contributed by atoms with E-state index in [9.17, 15) is 0 Å². The second-order valence-corrected chi connectivity index (χ2v) is 16.9. The molecular weight excluding hydrogens is 689 g/mol. The molecule has 0 atom stereocenters. The van der Waals surface area contributed by atoms with Crippen molar-refractivity contribution in [3.05, 3.63) is 115 Å². The molecule has 1 aliphatic carbocycles. The van der Waals surface area contributed by atoms with E-state index < -0.39 is 8.07 Å². The van der Waals surface area contributed by atoms with Gasteiger partial charge in [-0.25, -0.2) is 0 Å². The van der Waals surface area contributed by atoms with Crippen molar-refractivity contribution in [1.82, 2.24) is 9.97 Å². The Bertz CT molecular complexity index is 1670. The summed E-state index contributed by atoms with van der Waals surface area (Å²) in [4.78, 5) is 8.91. The van der Waals surface area contributed by atoms with E-state index >= 15 is 0 Å². The molecule has 0 unspecified atom stereocenters. The fourth-order valence-electron chi connectivity index (χ4n) is 4.87. The zero-order chi connectivity index (χ0) is 26.1. The molecule has 1 saturated carbocycles. The van der Waals surface area contributed by atoms with Gasteiger partial charge in [0.25, 0.3) is 0 Å². The van der Waals surface area contributed by atoms with Crippen LogP contribution >= 0.6 is 11.3 Å². The van der Waals surface area contributed by atoms with E-state index in [1.807, 2.05) is 60.0 Å². The van der Waals surface area contributed by atoms with Gasteiger partial charge in [-0.05, 0) is 57.6 Å². The van der Waals surface area contributed by atoms with E-state index in [1.54, 1.807) is 11.4 Å². The van der Waals surface area contributed by atoms with E-state index in [1.165, 1.54) is 38.6 Å². The van der Waals surface area contributed by atoms with Gasteiger partial charge >= 0.3 is 0 Å². The first-order chi connectivity index (χ1) is 18.5. The topological polar surface area (TPSA) is 25.8 Å². The van der Waals surface area contributed by atoms with Crippen LogP contribution in [-0.4, -0.2) is 18.0 Å². The number of hydrogen-bond acceptors (Lipinski definition) is 3. The summed E-state index contributed by atoms with van der Waals surface area (Å²) >= 11 is 1.93. The second-order valence-electron chi connectivity index (χ2n) is 10.9. The predicted molar refractivity (Wildman–Crippen MR) is 165 cm³/mol. The van der Waals surface area contributed by atoms with Crippen LogP contribution in [0.15, 0.2) is 97.3 Å². The predicted octanol–water partition coefficient (Wildman–Crippen LogP) is 8.89. The maximum atomic E-state index is 4.70. The van der Waals surface area contributed by atoms with E-state index in [4.69, 9.17) is 4.98 Å². The minimum absolute atomic E-state index is 0. The maximum absolute atomic E-state index is 4.70. The number of benzene rings is 3. The molecular formula is C34H30IrN2SSi-2. The van der Waals surface area contributed by atoms with Gasteiger partial charge in [-0.2, -0.15) is 11.3 Å². The van der Waals surface area contributed by atoms with Crippen LogP contribution in [0.3, 0.4) is 0 Å². The number of nitrogens with zero attached hydrogens (tertiary/aromatic N) is 2. The van der Waals surface area contributed by atoms with Crippen molar-refractivity contribution in [1.29, 1.82) is 0 Å². The molecule has 1 radical (unpaired) electrons. The Hall–Kier alpha value is -2.95. The van der Waals surface area contributed by atoms with Crippen LogP contribution in [-0.2, 0) is 20.1 Å². The zero-order valence-corrected chi connectivity index (χ0v) is 26.6. The SMILES string of the molecule is C[Si](C)(C)c1cccc2c1sc1c(-c3cc(C4CC4)ccn3)[c-]ccc12.[Ir].[c-]1ccccc1-c1ccccn1. The summed E-state index contributed by atoms with van der Waals surface area (Å²) < 4.78 is 2.79. The Morgan fingerprint density at radius 1 is 0.744 bits per heavy atom. The number of aromatic nitrogens is 2. The molecule has 3 heterocycles. The Morgan fingerprint density at radius 3 is 2.26 bits per heavy atom. The number of fused-ring (bicyclic) bond motifs is 3. The summed E-state index contributed by atoms with van der Waals surface area (Å²) in [5.74, 6) is 0.747. The molecule has 1 aliphatic rings. The first-order valence-electron chi connectivity index (χ1n) is 13.2. The molecule has 0 aliphatic heterocycles. The molecule has 6 aromatic rings. The molecule has 1 fully saturated rings. The van der Waals surface area contributed by atoms with Crippen LogP contribution in [0.5, 0.6) is 0 Å². The number of thiophene rings is 1. The van der Waals surface area contributed by atoms with Gasteiger partial charge < -0.3 is 9.97 Å². The molecule has 2 nitrogen and oxygen atoms in total. The Balaban J connectivity index is 0.000000200. The summed E-state index contributed by atoms with van der Waals surface area (Å²) in [6.07, 6.45) is 6.40. The van der Waals surface area contributed by atoms with Gasteiger partial charge in [0.15, 0.2) is 0 Å². The van der Waals surface area contributed by atoms with Crippen molar-refractivity contribution in [3.63, 3.8) is 0 Å². The van der Waals surface area contributed by atoms with Gasteiger partial charge in [-0.1, -0.05) is 67.0 Å². The molecule has 7 rings (SSSR count). The molecule has 0 amide bonds. The smallest absolute Gasteiger partial charge is 0.0794 e. The van der Waals surface area contributed by atoms with E-state index in [-0.39, 0.29) is 20.1 Å². The number of pyridine rings is 2. The summed E-state index contributed by atoms with van der Waals surface area (Å²) in [5.41, 5.74) is 5.68. The Morgan fingerprint density at radius 2 is 1.54 bits per heavy atom. The molecule has 197 valence electrons. The van der Waals surface area contributed by atoms with E-state index in [0.29, 0.717) is 0 Å². The Kier molecular flexibility index (Phi) is 8.25. The quantitative estimate of drug-likeness (QED) is 0.135. The molecule has 0 spiro atoms. The van der Waals surface area contributed by atoms with Crippen LogP contribution < -0.4 is 5.19 Å². The average molecular weight is 719 g/mol. The van der Waals surface area contributed by atoms with Crippen LogP contribution in [0.4, 0.5) is 0 Å². The van der Waals surface area contributed by atoms with Crippen molar-refractivity contribution in [3.8, 4) is 22.5 Å². The standard InChI is InChI=1S/C23H22NSSi.C11H8N.Ir/c1-26(2,3)21-9-5-7-18-17-6-4-8-19(22(17)25-23(18)21)20-14-16(12-13-24-20)15-10-11-15;1-2-6-10(7-3-1)11-8-4-5-9-12-11;/h4-7,9,12-15H,10-11H2,1-3H3;1-6,8-9H;/q2*-1;. The third kappa shape index (κ3) is 5.97. The normalized spacial score (nSPS) is 13.0. The molecule has 3 aromatic heterocycles. The summed E-state index contributed by atoms with van der Waals surface area (Å²) in [6, 6.07) is 35.9. The van der Waals surface area contributed by atoms with Crippen LogP contribution in [0.25, 0.3) is 42.7 Å². The first kappa shape index (κ1) is 27.6. The van der Waals surface area contributed by atoms with Crippen molar-refractivity contribution < 1.29 is 20.1 Å². The first-order valence-corrected chi connectivity index (χ1v) is 17.5. The van der Waals surface area contributed by atoms with Gasteiger partial charge in [-0.15, -0.1) is 59.7 Å². The van der Waals surface area contributed by atoms with Crippen LogP contribution in [0.1, 0.15) is 24.3 Å². The summed E-state index contributed by atoms with van der Waals surface area (Å²) in [7, 11) is -1.39. The van der Waals surface area contributed by atoms with Crippen LogP contribution in [0.2, 0.25) is 19.6 Å². The largest absolute Gasteiger partial charge is 0.305 e. The van der Waals surface area contributed by atoms with Gasteiger partial charge in [0.1, 0.15) is 0 Å². The van der Waals surface area contributed by atoms with E-state index in [2.05, 4.69) is 79.2 Å². The zero-order valence-electron chi connectivity index (χ0n) is 22.4. The fraction of sp³-hybridized carbons (Fsp3) is 0.176. The minimum Gasteiger partial charge on any atom is -0.305 e. The molecule has 0 bridgehead atoms. The van der Waals surface area contributed by atoms with Gasteiger partial charge in [0.2, 0.25) is 0 Å². The molecule has 5 heteroatoms. The number of hydrogen-bond donors (Lipinski definition) is 0. The Labute approximate surface area is 249 Å². The fourth-order valence-corrected chi connectivity index (χ4v) is 8.58. The average Bonchev–Trinajstić information content (AvgIpc) is 3.74. The molecule has 0 N–H and O–H groups in total. The third-order valence-electron chi connectivity index (χ3n) is 7.01. The molecule has 3 aromatic carbocycles. The van der Waals surface area contributed by atoms with Gasteiger partial charge in [0, 0.05) is 37.2 Å². The minimum atomic E-state index is -1.39. The molecule has 39 heavy (non-hydrogen) atoms. The maximum Gasteiger partial charge on any atom is 0.0794 e.